The van der Waals surface area contributed by atoms with Crippen molar-refractivity contribution in [1.82, 2.24) is 0 Å². The Hall–Kier alpha value is 0.230. The minimum absolute atomic E-state index is 0.0893. The monoisotopic (exact) mass is 232 g/mol. The maximum Gasteiger partial charge on any atom is 0.167 e. The molecular formula is C11H20O3S. The van der Waals surface area contributed by atoms with Crippen LogP contribution in [0.1, 0.15) is 32.6 Å². The summed E-state index contributed by atoms with van der Waals surface area (Å²) in [4.78, 5) is 0. The van der Waals surface area contributed by atoms with Crippen LogP contribution in [0.5, 0.6) is 0 Å². The highest BCUT2D eigenvalue weighted by molar-refractivity contribution is 8.00. The number of aliphatic hydroxyl groups is 1. The fourth-order valence-corrected chi connectivity index (χ4v) is 3.72. The van der Waals surface area contributed by atoms with Crippen LogP contribution >= 0.6 is 11.8 Å². The van der Waals surface area contributed by atoms with Crippen molar-refractivity contribution in [2.75, 3.05) is 19.0 Å². The summed E-state index contributed by atoms with van der Waals surface area (Å²) in [7, 11) is 0. The highest BCUT2D eigenvalue weighted by Gasteiger charge is 2.39. The average molecular weight is 232 g/mol. The summed E-state index contributed by atoms with van der Waals surface area (Å²) in [5.74, 6) is 0.878. The Balaban J connectivity index is 1.80. The molecule has 0 amide bonds. The van der Waals surface area contributed by atoms with Gasteiger partial charge in [0.05, 0.1) is 12.7 Å². The maximum absolute atomic E-state index is 8.84. The van der Waals surface area contributed by atoms with Gasteiger partial charge in [-0.15, -0.1) is 0 Å². The van der Waals surface area contributed by atoms with Crippen molar-refractivity contribution >= 4 is 11.8 Å². The van der Waals surface area contributed by atoms with Crippen molar-refractivity contribution in [3.05, 3.63) is 0 Å². The lowest BCUT2D eigenvalue weighted by atomic mass is 10.1. The van der Waals surface area contributed by atoms with E-state index < -0.39 is 5.79 Å². The quantitative estimate of drug-likeness (QED) is 0.802. The molecule has 2 aliphatic rings. The predicted molar refractivity (Wildman–Crippen MR) is 61.0 cm³/mol. The second-order valence-corrected chi connectivity index (χ2v) is 5.94. The van der Waals surface area contributed by atoms with E-state index in [0.717, 1.165) is 6.42 Å². The molecule has 4 heteroatoms. The van der Waals surface area contributed by atoms with E-state index in [1.807, 2.05) is 18.7 Å². The molecule has 3 atom stereocenters. The number of hydrogen-bond acceptors (Lipinski definition) is 4. The van der Waals surface area contributed by atoms with Crippen LogP contribution in [0.3, 0.4) is 0 Å². The predicted octanol–water partition coefficient (Wildman–Crippen LogP) is 1.79. The summed E-state index contributed by atoms with van der Waals surface area (Å²) in [5, 5.41) is 9.54. The van der Waals surface area contributed by atoms with Crippen molar-refractivity contribution in [3.63, 3.8) is 0 Å². The molecule has 0 aromatic carbocycles. The molecule has 0 spiro atoms. The highest BCUT2D eigenvalue weighted by atomic mass is 32.2. The van der Waals surface area contributed by atoms with Gasteiger partial charge in [0.15, 0.2) is 5.79 Å². The van der Waals surface area contributed by atoms with E-state index >= 15 is 0 Å². The van der Waals surface area contributed by atoms with Crippen molar-refractivity contribution < 1.29 is 14.6 Å². The van der Waals surface area contributed by atoms with Crippen molar-refractivity contribution in [2.45, 2.75) is 49.7 Å². The standard InChI is InChI=1S/C11H20O3S/c1-11(7-10-3-2-6-15-10)13-8-9(14-11)4-5-12/h9-10,12H,2-8H2,1H3. The smallest absolute Gasteiger partial charge is 0.167 e. The molecule has 0 aliphatic carbocycles. The summed E-state index contributed by atoms with van der Waals surface area (Å²) < 4.78 is 11.6. The fraction of sp³-hybridized carbons (Fsp3) is 1.00. The van der Waals surface area contributed by atoms with Gasteiger partial charge in [-0.2, -0.15) is 11.8 Å². The van der Waals surface area contributed by atoms with Crippen LogP contribution in [-0.2, 0) is 9.47 Å². The first-order valence-corrected chi connectivity index (χ1v) is 6.81. The van der Waals surface area contributed by atoms with Gasteiger partial charge >= 0.3 is 0 Å². The van der Waals surface area contributed by atoms with Crippen molar-refractivity contribution in [1.29, 1.82) is 0 Å². The van der Waals surface area contributed by atoms with Crippen LogP contribution in [0.2, 0.25) is 0 Å². The van der Waals surface area contributed by atoms with Gasteiger partial charge in [0, 0.05) is 18.3 Å². The molecule has 1 N–H and O–H groups in total. The zero-order chi connectivity index (χ0) is 10.7. The topological polar surface area (TPSA) is 38.7 Å². The molecule has 3 nitrogen and oxygen atoms in total. The molecule has 2 rings (SSSR count). The molecule has 15 heavy (non-hydrogen) atoms. The lowest BCUT2D eigenvalue weighted by molar-refractivity contribution is -0.159. The number of ether oxygens (including phenoxy) is 2. The second kappa shape index (κ2) is 5.04. The average Bonchev–Trinajstić information content (AvgIpc) is 2.78. The minimum Gasteiger partial charge on any atom is -0.396 e. The molecule has 0 bridgehead atoms. The van der Waals surface area contributed by atoms with Gasteiger partial charge in [-0.25, -0.2) is 0 Å². The van der Waals surface area contributed by atoms with E-state index in [-0.39, 0.29) is 12.7 Å². The summed E-state index contributed by atoms with van der Waals surface area (Å²) in [6.45, 7) is 2.85. The largest absolute Gasteiger partial charge is 0.396 e. The molecule has 2 fully saturated rings. The van der Waals surface area contributed by atoms with Crippen molar-refractivity contribution in [2.24, 2.45) is 0 Å². The Bertz CT molecular complexity index is 206. The SMILES string of the molecule is CC1(CC2CCCS2)OCC(CCO)O1. The van der Waals surface area contributed by atoms with Crippen LogP contribution < -0.4 is 0 Å². The van der Waals surface area contributed by atoms with Gasteiger partial charge in [0.2, 0.25) is 0 Å². The Kier molecular flexibility index (Phi) is 3.93. The lowest BCUT2D eigenvalue weighted by Gasteiger charge is -2.26. The van der Waals surface area contributed by atoms with E-state index in [0.29, 0.717) is 18.3 Å². The Labute approximate surface area is 95.5 Å². The minimum atomic E-state index is -0.401. The van der Waals surface area contributed by atoms with Gasteiger partial charge in [-0.3, -0.25) is 0 Å². The Morgan fingerprint density at radius 3 is 3.07 bits per heavy atom. The number of rotatable bonds is 4. The summed E-state index contributed by atoms with van der Waals surface area (Å²) in [6.07, 6.45) is 4.38. The van der Waals surface area contributed by atoms with E-state index in [4.69, 9.17) is 14.6 Å². The van der Waals surface area contributed by atoms with Gasteiger partial charge in [-0.05, 0) is 31.9 Å². The number of hydrogen-bond donors (Lipinski definition) is 1. The summed E-state index contributed by atoms with van der Waals surface area (Å²) in [5.41, 5.74) is 0. The van der Waals surface area contributed by atoms with Crippen LogP contribution in [0.25, 0.3) is 0 Å². The molecular weight excluding hydrogens is 212 g/mol. The van der Waals surface area contributed by atoms with E-state index in [1.54, 1.807) is 0 Å². The molecule has 2 saturated heterocycles. The van der Waals surface area contributed by atoms with Gasteiger partial charge in [0.25, 0.3) is 0 Å². The number of thioether (sulfide) groups is 1. The molecule has 88 valence electrons. The van der Waals surface area contributed by atoms with Crippen LogP contribution in [0.4, 0.5) is 0 Å². The van der Waals surface area contributed by atoms with Crippen LogP contribution in [0.15, 0.2) is 0 Å². The van der Waals surface area contributed by atoms with Crippen LogP contribution in [-0.4, -0.2) is 41.2 Å². The van der Waals surface area contributed by atoms with Crippen LogP contribution in [0, 0.1) is 0 Å². The third-order valence-corrected chi connectivity index (χ3v) is 4.46. The zero-order valence-electron chi connectivity index (χ0n) is 9.28. The lowest BCUT2D eigenvalue weighted by Crippen LogP contribution is -2.30. The highest BCUT2D eigenvalue weighted by Crippen LogP contribution is 2.37. The van der Waals surface area contributed by atoms with E-state index in [1.165, 1.54) is 18.6 Å². The van der Waals surface area contributed by atoms with Gasteiger partial charge < -0.3 is 14.6 Å². The summed E-state index contributed by atoms with van der Waals surface area (Å²) >= 11 is 2.03. The Morgan fingerprint density at radius 1 is 1.53 bits per heavy atom. The summed E-state index contributed by atoms with van der Waals surface area (Å²) in [6, 6.07) is 0. The van der Waals surface area contributed by atoms with Crippen molar-refractivity contribution in [3.8, 4) is 0 Å². The fourth-order valence-electron chi connectivity index (χ4n) is 2.30. The molecule has 2 heterocycles. The zero-order valence-corrected chi connectivity index (χ0v) is 10.1. The van der Waals surface area contributed by atoms with Gasteiger partial charge in [-0.1, -0.05) is 0 Å². The normalized spacial score (nSPS) is 41.2. The van der Waals surface area contributed by atoms with Gasteiger partial charge in [0.1, 0.15) is 0 Å². The molecule has 0 saturated carbocycles. The molecule has 2 aliphatic heterocycles. The first kappa shape index (κ1) is 11.7. The van der Waals surface area contributed by atoms with E-state index in [2.05, 4.69) is 0 Å². The molecule has 0 aromatic heterocycles. The number of aliphatic hydroxyl groups excluding tert-OH is 1. The first-order chi connectivity index (χ1) is 7.22. The first-order valence-electron chi connectivity index (χ1n) is 5.76. The maximum atomic E-state index is 8.84. The third kappa shape index (κ3) is 3.09. The molecule has 0 aromatic rings. The third-order valence-electron chi connectivity index (χ3n) is 3.06. The second-order valence-electron chi connectivity index (χ2n) is 4.54. The molecule has 3 unspecified atom stereocenters. The molecule has 0 radical (unpaired) electrons. The Morgan fingerprint density at radius 2 is 2.40 bits per heavy atom. The van der Waals surface area contributed by atoms with E-state index in [9.17, 15) is 0 Å².